The first-order valence-electron chi connectivity index (χ1n) is 4.93. The third-order valence-corrected chi connectivity index (χ3v) is 3.70. The van der Waals surface area contributed by atoms with E-state index in [1.54, 1.807) is 26.0 Å². The van der Waals surface area contributed by atoms with Gasteiger partial charge in [-0.15, -0.1) is 0 Å². The molecule has 86 valence electrons. The van der Waals surface area contributed by atoms with Crippen LogP contribution in [0.5, 0.6) is 0 Å². The average Bonchev–Trinajstić information content (AvgIpc) is 2.64. The van der Waals surface area contributed by atoms with Crippen LogP contribution < -0.4 is 0 Å². The van der Waals surface area contributed by atoms with Gasteiger partial charge >= 0.3 is 0 Å². The zero-order chi connectivity index (χ0) is 10.8. The zero-order valence-electron chi connectivity index (χ0n) is 8.92. The average molecular weight is 232 g/mol. The van der Waals surface area contributed by atoms with Crippen LogP contribution >= 0.6 is 11.8 Å². The van der Waals surface area contributed by atoms with Crippen LogP contribution in [0.15, 0.2) is 4.99 Å². The molecule has 0 aromatic heterocycles. The summed E-state index contributed by atoms with van der Waals surface area (Å²) < 4.78 is 10.3. The van der Waals surface area contributed by atoms with Crippen LogP contribution in [0.4, 0.5) is 0 Å². The number of nitrogens with zero attached hydrogens (tertiary/aromatic N) is 2. The minimum Gasteiger partial charge on any atom is -0.389 e. The van der Waals surface area contributed by atoms with E-state index in [2.05, 4.69) is 9.89 Å². The van der Waals surface area contributed by atoms with Crippen LogP contribution in [-0.4, -0.2) is 66.7 Å². The molecule has 2 heterocycles. The van der Waals surface area contributed by atoms with Gasteiger partial charge in [-0.3, -0.25) is 4.99 Å². The summed E-state index contributed by atoms with van der Waals surface area (Å²) >= 11 is 1.70. The van der Waals surface area contributed by atoms with E-state index in [1.807, 2.05) is 0 Å². The summed E-state index contributed by atoms with van der Waals surface area (Å²) in [6, 6.07) is 0.0674. The molecule has 1 saturated heterocycles. The number of aliphatic hydroxyl groups excluding tert-OH is 1. The van der Waals surface area contributed by atoms with E-state index in [-0.39, 0.29) is 18.4 Å². The Balaban J connectivity index is 1.90. The molecule has 0 amide bonds. The lowest BCUT2D eigenvalue weighted by Crippen LogP contribution is -2.52. The number of aliphatic imine (C=N–C) groups is 1. The first-order valence-corrected chi connectivity index (χ1v) is 5.92. The Morgan fingerprint density at radius 2 is 2.13 bits per heavy atom. The first-order chi connectivity index (χ1) is 7.24. The third kappa shape index (κ3) is 2.28. The highest BCUT2D eigenvalue weighted by molar-refractivity contribution is 8.14. The van der Waals surface area contributed by atoms with Gasteiger partial charge < -0.3 is 19.5 Å². The van der Waals surface area contributed by atoms with Crippen molar-refractivity contribution < 1.29 is 14.6 Å². The molecular weight excluding hydrogens is 216 g/mol. The van der Waals surface area contributed by atoms with Crippen LogP contribution in [0.3, 0.4) is 0 Å². The molecular formula is C9H16N2O3S. The number of ether oxygens (including phenoxy) is 2. The predicted molar refractivity (Wildman–Crippen MR) is 59.1 cm³/mol. The van der Waals surface area contributed by atoms with Crippen molar-refractivity contribution in [3.63, 3.8) is 0 Å². The van der Waals surface area contributed by atoms with Gasteiger partial charge in [0.25, 0.3) is 0 Å². The van der Waals surface area contributed by atoms with E-state index in [0.717, 1.165) is 10.9 Å². The number of thioether (sulfide) groups is 1. The summed E-state index contributed by atoms with van der Waals surface area (Å²) in [6.45, 7) is 1.40. The third-order valence-electron chi connectivity index (χ3n) is 2.57. The van der Waals surface area contributed by atoms with Crippen LogP contribution in [0.1, 0.15) is 0 Å². The Kier molecular flexibility index (Phi) is 3.50. The number of hydrogen-bond acceptors (Lipinski definition) is 6. The molecule has 15 heavy (non-hydrogen) atoms. The summed E-state index contributed by atoms with van der Waals surface area (Å²) in [6.07, 6.45) is -0.450. The largest absolute Gasteiger partial charge is 0.389 e. The van der Waals surface area contributed by atoms with E-state index in [9.17, 15) is 5.11 Å². The number of likely N-dealkylation sites (tertiary alicyclic amines) is 1. The maximum atomic E-state index is 9.19. The highest BCUT2D eigenvalue weighted by Crippen LogP contribution is 2.26. The monoisotopic (exact) mass is 232 g/mol. The fraction of sp³-hybridized carbons (Fsp3) is 0.889. The molecule has 2 aliphatic rings. The molecule has 0 aromatic carbocycles. The number of β-amino-alcohol motifs (C(OH)–C–C–N with tert-alkyl or cyclic N) is 1. The smallest absolute Gasteiger partial charge is 0.180 e. The second-order valence-corrected chi connectivity index (χ2v) is 4.68. The molecule has 0 bridgehead atoms. The lowest BCUT2D eigenvalue weighted by Gasteiger charge is -2.36. The fourth-order valence-corrected chi connectivity index (χ4v) is 2.80. The summed E-state index contributed by atoms with van der Waals surface area (Å²) in [4.78, 5) is 6.61. The highest BCUT2D eigenvalue weighted by atomic mass is 32.2. The molecule has 2 aliphatic heterocycles. The summed E-state index contributed by atoms with van der Waals surface area (Å²) in [5.41, 5.74) is 0. The molecule has 0 spiro atoms. The molecule has 0 aliphatic carbocycles. The molecule has 1 fully saturated rings. The van der Waals surface area contributed by atoms with E-state index >= 15 is 0 Å². The first kappa shape index (κ1) is 11.2. The molecule has 0 aromatic rings. The minimum atomic E-state index is -0.263. The fourth-order valence-electron chi connectivity index (χ4n) is 1.71. The molecule has 0 radical (unpaired) electrons. The van der Waals surface area contributed by atoms with E-state index in [1.165, 1.54) is 0 Å². The minimum absolute atomic E-state index is 0.0674. The van der Waals surface area contributed by atoms with Gasteiger partial charge in [-0.05, 0) is 0 Å². The molecule has 1 atom stereocenters. The second-order valence-electron chi connectivity index (χ2n) is 3.69. The lowest BCUT2D eigenvalue weighted by molar-refractivity contribution is -0.111. The number of hydrogen-bond donors (Lipinski definition) is 1. The van der Waals surface area contributed by atoms with E-state index in [0.29, 0.717) is 13.1 Å². The van der Waals surface area contributed by atoms with Crippen molar-refractivity contribution in [2.75, 3.05) is 33.1 Å². The number of aliphatic hydroxyl groups is 1. The summed E-state index contributed by atoms with van der Waals surface area (Å²) in [5, 5.41) is 10.2. The van der Waals surface area contributed by atoms with Crippen LogP contribution in [0.2, 0.25) is 0 Å². The normalized spacial score (nSPS) is 27.1. The van der Waals surface area contributed by atoms with Crippen LogP contribution in [0, 0.1) is 0 Å². The molecule has 6 heteroatoms. The Morgan fingerprint density at radius 1 is 1.47 bits per heavy atom. The van der Waals surface area contributed by atoms with Crippen LogP contribution in [0.25, 0.3) is 0 Å². The Labute approximate surface area is 93.4 Å². The van der Waals surface area contributed by atoms with Crippen molar-refractivity contribution in [1.82, 2.24) is 4.90 Å². The Bertz CT molecular complexity index is 252. The van der Waals surface area contributed by atoms with Crippen LogP contribution in [-0.2, 0) is 9.47 Å². The van der Waals surface area contributed by atoms with Gasteiger partial charge in [0.1, 0.15) is 6.04 Å². The second kappa shape index (κ2) is 4.69. The number of rotatable bonds is 3. The molecule has 5 nitrogen and oxygen atoms in total. The van der Waals surface area contributed by atoms with Crippen molar-refractivity contribution in [3.05, 3.63) is 0 Å². The number of methoxy groups -OCH3 is 2. The topological polar surface area (TPSA) is 54.3 Å². The van der Waals surface area contributed by atoms with Gasteiger partial charge in [-0.1, -0.05) is 11.8 Å². The van der Waals surface area contributed by atoms with Crippen molar-refractivity contribution in [3.8, 4) is 0 Å². The highest BCUT2D eigenvalue weighted by Gasteiger charge is 2.34. The van der Waals surface area contributed by atoms with E-state index in [4.69, 9.17) is 9.47 Å². The number of amidine groups is 1. The maximum Gasteiger partial charge on any atom is 0.180 e. The molecule has 0 saturated carbocycles. The Morgan fingerprint density at radius 3 is 2.67 bits per heavy atom. The van der Waals surface area contributed by atoms with Crippen molar-refractivity contribution >= 4 is 16.9 Å². The van der Waals surface area contributed by atoms with Crippen molar-refractivity contribution in [2.45, 2.75) is 18.4 Å². The van der Waals surface area contributed by atoms with Gasteiger partial charge in [-0.2, -0.15) is 0 Å². The van der Waals surface area contributed by atoms with Gasteiger partial charge in [0.05, 0.1) is 6.10 Å². The molecule has 1 N–H and O–H groups in total. The molecule has 2 rings (SSSR count). The summed E-state index contributed by atoms with van der Waals surface area (Å²) in [7, 11) is 3.25. The SMILES string of the molecule is COC(OC)C1CSC(N2CC(O)C2)=N1. The predicted octanol–water partition coefficient (Wildman–Crippen LogP) is -0.247. The standard InChI is InChI=1S/C9H16N2O3S/c1-13-8(14-2)7-5-15-9(10-7)11-3-6(12)4-11/h6-8,12H,3-5H2,1-2H3. The van der Waals surface area contributed by atoms with Gasteiger partial charge in [0, 0.05) is 33.1 Å². The van der Waals surface area contributed by atoms with E-state index < -0.39 is 0 Å². The van der Waals surface area contributed by atoms with Gasteiger partial charge in [-0.25, -0.2) is 0 Å². The zero-order valence-corrected chi connectivity index (χ0v) is 9.74. The summed E-state index contributed by atoms with van der Waals surface area (Å²) in [5.74, 6) is 0.883. The Hall–Kier alpha value is -0.300. The quantitative estimate of drug-likeness (QED) is 0.680. The molecule has 1 unspecified atom stereocenters. The van der Waals surface area contributed by atoms with Crippen molar-refractivity contribution in [2.24, 2.45) is 4.99 Å². The van der Waals surface area contributed by atoms with Gasteiger partial charge in [0.15, 0.2) is 11.5 Å². The van der Waals surface area contributed by atoms with Crippen molar-refractivity contribution in [1.29, 1.82) is 0 Å². The maximum absolute atomic E-state index is 9.19. The lowest BCUT2D eigenvalue weighted by atomic mass is 10.2. The van der Waals surface area contributed by atoms with Gasteiger partial charge in [0.2, 0.25) is 0 Å².